The molecule has 0 radical (unpaired) electrons. The van der Waals surface area contributed by atoms with Gasteiger partial charge in [0.15, 0.2) is 23.2 Å². The van der Waals surface area contributed by atoms with Crippen molar-refractivity contribution < 1.29 is 62.6 Å². The van der Waals surface area contributed by atoms with Crippen LogP contribution in [0.2, 0.25) is 0 Å². The van der Waals surface area contributed by atoms with E-state index in [1.807, 2.05) is 0 Å². The molecule has 0 aromatic heterocycles. The number of aromatic hydroxyl groups is 1. The first-order chi connectivity index (χ1) is 23.7. The van der Waals surface area contributed by atoms with Crippen LogP contribution in [0.5, 0.6) is 23.0 Å². The molecule has 0 spiro atoms. The van der Waals surface area contributed by atoms with Gasteiger partial charge in [0.05, 0.1) is 18.2 Å². The number of ether oxygens (including phenoxy) is 4. The molecule has 0 heterocycles. The van der Waals surface area contributed by atoms with E-state index in [0.29, 0.717) is 38.9 Å². The number of allylic oxidation sites excluding steroid dienone is 2. The van der Waals surface area contributed by atoms with Gasteiger partial charge in [-0.25, -0.2) is 14.4 Å². The molecule has 1 unspecified atom stereocenters. The third-order valence-corrected chi connectivity index (χ3v) is 9.37. The number of aliphatic hydroxyl groups is 1. The highest BCUT2D eigenvalue weighted by Gasteiger charge is 2.37. The Balaban J connectivity index is 1.64. The summed E-state index contributed by atoms with van der Waals surface area (Å²) in [6, 6.07) is 1.42. The van der Waals surface area contributed by atoms with Crippen molar-refractivity contribution >= 4 is 29.7 Å². The van der Waals surface area contributed by atoms with Crippen LogP contribution in [0.4, 0.5) is 4.39 Å². The van der Waals surface area contributed by atoms with Crippen molar-refractivity contribution in [1.29, 1.82) is 0 Å². The molecular weight excluding hydrogens is 667 g/mol. The minimum atomic E-state index is -1.65. The number of aromatic carboxylic acids is 1. The summed E-state index contributed by atoms with van der Waals surface area (Å²) >= 11 is 0. The van der Waals surface area contributed by atoms with Gasteiger partial charge in [0.1, 0.15) is 28.6 Å². The van der Waals surface area contributed by atoms with E-state index in [9.17, 15) is 39.3 Å². The number of carboxylic acid groups (broad SMARTS) is 1. The van der Waals surface area contributed by atoms with E-state index in [-0.39, 0.29) is 39.5 Å². The molecule has 1 atom stereocenters. The van der Waals surface area contributed by atoms with Gasteiger partial charge in [0.2, 0.25) is 5.82 Å². The van der Waals surface area contributed by atoms with E-state index in [1.165, 1.54) is 19.9 Å². The number of esters is 3. The van der Waals surface area contributed by atoms with E-state index < -0.39 is 64.2 Å². The molecular formula is C38H37FO12. The number of methoxy groups -OCH3 is 1. The maximum atomic E-state index is 15.6. The number of carbonyl (C=O) groups excluding carboxylic acids is 4. The minimum absolute atomic E-state index is 0.00764. The zero-order chi connectivity index (χ0) is 38.4. The number of hydrogen-bond acceptors (Lipinski definition) is 11. The second-order valence-electron chi connectivity index (χ2n) is 12.3. The van der Waals surface area contributed by atoms with Gasteiger partial charge >= 0.3 is 23.9 Å². The second kappa shape index (κ2) is 14.1. The van der Waals surface area contributed by atoms with Crippen molar-refractivity contribution in [2.75, 3.05) is 7.11 Å². The van der Waals surface area contributed by atoms with Crippen LogP contribution in [0.15, 0.2) is 29.7 Å². The molecule has 3 aromatic carbocycles. The zero-order valence-corrected chi connectivity index (χ0v) is 29.7. The molecule has 0 amide bonds. The summed E-state index contributed by atoms with van der Waals surface area (Å²) in [7, 11) is 1.16. The quantitative estimate of drug-likeness (QED) is 0.131. The number of benzene rings is 3. The molecule has 12 nitrogen and oxygen atoms in total. The normalized spacial score (nSPS) is 14.0. The van der Waals surface area contributed by atoms with Crippen LogP contribution < -0.4 is 14.2 Å². The lowest BCUT2D eigenvalue weighted by atomic mass is 9.93. The van der Waals surface area contributed by atoms with Crippen molar-refractivity contribution in [3.05, 3.63) is 102 Å². The fourth-order valence-corrected chi connectivity index (χ4v) is 6.01. The number of aryl methyl sites for hydroxylation is 1. The molecule has 3 N–H and O–H groups in total. The Hall–Kier alpha value is -5.98. The topological polar surface area (TPSA) is 183 Å². The third-order valence-electron chi connectivity index (χ3n) is 9.37. The Morgan fingerprint density at radius 1 is 0.667 bits per heavy atom. The highest BCUT2D eigenvalue weighted by molar-refractivity contribution is 6.09. The Morgan fingerprint density at radius 3 is 1.73 bits per heavy atom. The predicted molar refractivity (Wildman–Crippen MR) is 180 cm³/mol. The van der Waals surface area contributed by atoms with Crippen molar-refractivity contribution in [3.63, 3.8) is 0 Å². The smallest absolute Gasteiger partial charge is 0.347 e. The number of carbonyl (C=O) groups is 5. The van der Waals surface area contributed by atoms with E-state index in [1.54, 1.807) is 48.5 Å². The van der Waals surface area contributed by atoms with Crippen LogP contribution in [-0.2, 0) is 14.3 Å². The number of phenols is 1. The van der Waals surface area contributed by atoms with Crippen LogP contribution in [-0.4, -0.2) is 52.1 Å². The molecule has 0 aliphatic heterocycles. The van der Waals surface area contributed by atoms with Gasteiger partial charge in [-0.15, -0.1) is 0 Å². The van der Waals surface area contributed by atoms with Gasteiger partial charge in [-0.1, -0.05) is 0 Å². The van der Waals surface area contributed by atoms with Crippen LogP contribution in [0.1, 0.15) is 81.1 Å². The SMILES string of the molecule is COC1=CC(O)=CC(=O)C1C(=O)Oc1c(C)c(C)c(C(=O)Oc2cc(C)c(C(=O)Oc3c(C)c(C)c(C(=O)O)c(C)c3C)c(C)c2C)c(O)c1F. The third kappa shape index (κ3) is 6.66. The number of rotatable bonds is 8. The maximum Gasteiger partial charge on any atom is 0.347 e. The number of aliphatic hydroxyl groups excluding tert-OH is 1. The lowest BCUT2D eigenvalue weighted by molar-refractivity contribution is -0.142. The van der Waals surface area contributed by atoms with Gasteiger partial charge in [0, 0.05) is 12.2 Å². The van der Waals surface area contributed by atoms with E-state index >= 15 is 4.39 Å². The first-order valence-corrected chi connectivity index (χ1v) is 15.6. The van der Waals surface area contributed by atoms with E-state index in [0.717, 1.165) is 19.3 Å². The largest absolute Gasteiger partial charge is 0.508 e. The first-order valence-electron chi connectivity index (χ1n) is 15.6. The van der Waals surface area contributed by atoms with Gasteiger partial charge < -0.3 is 34.3 Å². The molecule has 1 aliphatic carbocycles. The Kier molecular flexibility index (Phi) is 10.5. The number of halogens is 1. The zero-order valence-electron chi connectivity index (χ0n) is 29.7. The molecule has 51 heavy (non-hydrogen) atoms. The fourth-order valence-electron chi connectivity index (χ4n) is 6.01. The Labute approximate surface area is 292 Å². The summed E-state index contributed by atoms with van der Waals surface area (Å²) < 4.78 is 37.2. The molecule has 0 bridgehead atoms. The van der Waals surface area contributed by atoms with Gasteiger partial charge in [-0.3, -0.25) is 9.59 Å². The van der Waals surface area contributed by atoms with Gasteiger partial charge in [0.25, 0.3) is 0 Å². The van der Waals surface area contributed by atoms with Crippen molar-refractivity contribution in [1.82, 2.24) is 0 Å². The molecule has 0 saturated heterocycles. The van der Waals surface area contributed by atoms with Crippen molar-refractivity contribution in [3.8, 4) is 23.0 Å². The average molecular weight is 705 g/mol. The number of hydrogen-bond donors (Lipinski definition) is 3. The summed E-state index contributed by atoms with van der Waals surface area (Å²) in [5.41, 5.74) is 2.79. The molecule has 268 valence electrons. The Bertz CT molecular complexity index is 2080. The second-order valence-corrected chi connectivity index (χ2v) is 12.3. The first kappa shape index (κ1) is 37.8. The summed E-state index contributed by atoms with van der Waals surface area (Å²) in [6.45, 7) is 14.1. The maximum absolute atomic E-state index is 15.6. The summed E-state index contributed by atoms with van der Waals surface area (Å²) in [5.74, 6) is -10.5. The standard InChI is InChI=1S/C38H37FO12/c1-14-11-25(15(2)16(3)27(14)36(45)50-33-20(7)17(4)28(35(43)44)18(5)21(33)8)49-37(46)29-19(6)22(9)34(31(39)32(29)42)51-38(47)30-24(41)12-23(40)13-26(30)48-10/h11-13,30,40,42H,1-10H3,(H,43,44). The molecule has 0 fully saturated rings. The van der Waals surface area contributed by atoms with Crippen molar-refractivity contribution in [2.24, 2.45) is 5.92 Å². The van der Waals surface area contributed by atoms with Gasteiger partial charge in [-0.2, -0.15) is 4.39 Å². The molecule has 4 rings (SSSR count). The summed E-state index contributed by atoms with van der Waals surface area (Å²) in [5, 5.41) is 30.1. The van der Waals surface area contributed by atoms with Crippen LogP contribution in [0, 0.1) is 74.0 Å². The lowest BCUT2D eigenvalue weighted by Crippen LogP contribution is -2.32. The summed E-state index contributed by atoms with van der Waals surface area (Å²) in [4.78, 5) is 64.2. The number of phenolic OH excluding ortho intramolecular Hbond substituents is 1. The highest BCUT2D eigenvalue weighted by atomic mass is 19.1. The van der Waals surface area contributed by atoms with E-state index in [4.69, 9.17) is 18.9 Å². The van der Waals surface area contributed by atoms with Crippen LogP contribution in [0.3, 0.4) is 0 Å². The molecule has 3 aromatic rings. The summed E-state index contributed by atoms with van der Waals surface area (Å²) in [6.07, 6.45) is 1.82. The predicted octanol–water partition coefficient (Wildman–Crippen LogP) is 6.52. The lowest BCUT2D eigenvalue weighted by Gasteiger charge is -2.21. The minimum Gasteiger partial charge on any atom is -0.508 e. The monoisotopic (exact) mass is 704 g/mol. The molecule has 1 aliphatic rings. The van der Waals surface area contributed by atoms with Gasteiger partial charge in [-0.05, 0) is 118 Å². The molecule has 0 saturated carbocycles. The van der Waals surface area contributed by atoms with Crippen molar-refractivity contribution in [2.45, 2.75) is 62.3 Å². The highest BCUT2D eigenvalue weighted by Crippen LogP contribution is 2.39. The number of ketones is 1. The Morgan fingerprint density at radius 2 is 1.18 bits per heavy atom. The fraction of sp³-hybridized carbons (Fsp3) is 0.289. The average Bonchev–Trinajstić information content (AvgIpc) is 3.05. The molecule has 13 heteroatoms. The van der Waals surface area contributed by atoms with E-state index in [2.05, 4.69) is 0 Å². The van der Waals surface area contributed by atoms with Crippen LogP contribution in [0.25, 0.3) is 0 Å². The number of carboxylic acids is 1. The van der Waals surface area contributed by atoms with Crippen LogP contribution >= 0.6 is 0 Å².